The van der Waals surface area contributed by atoms with Crippen LogP contribution in [0.3, 0.4) is 0 Å². The van der Waals surface area contributed by atoms with E-state index in [1.165, 1.54) is 18.0 Å². The predicted octanol–water partition coefficient (Wildman–Crippen LogP) is 1.88. The van der Waals surface area contributed by atoms with Crippen LogP contribution in [-0.4, -0.2) is 34.4 Å². The minimum Gasteiger partial charge on any atom is -0.375 e. The Kier molecular flexibility index (Phi) is 3.99. The average molecular weight is 307 g/mol. The van der Waals surface area contributed by atoms with Crippen molar-refractivity contribution in [3.05, 3.63) is 48.2 Å². The number of hydrogen-bond acceptors (Lipinski definition) is 5. The second-order valence-corrected chi connectivity index (χ2v) is 4.77. The topological polar surface area (TPSA) is 92.8 Å². The Bertz CT molecular complexity index is 910. The number of ether oxygens (including phenoxy) is 1. The number of fused-ring (bicyclic) bond motifs is 1. The molecule has 2 heterocycles. The number of hydrogen-bond donors (Lipinski definition) is 1. The van der Waals surface area contributed by atoms with E-state index in [4.69, 9.17) is 4.74 Å². The first-order chi connectivity index (χ1) is 11.2. The predicted molar refractivity (Wildman–Crippen MR) is 84.1 cm³/mol. The Morgan fingerprint density at radius 3 is 2.96 bits per heavy atom. The number of nitrogens with zero attached hydrogens (tertiary/aromatic N) is 4. The minimum atomic E-state index is -0.369. The van der Waals surface area contributed by atoms with Gasteiger partial charge in [0.1, 0.15) is 18.2 Å². The molecule has 0 unspecified atom stereocenters. The van der Waals surface area contributed by atoms with Crippen LogP contribution in [0, 0.1) is 11.3 Å². The van der Waals surface area contributed by atoms with Gasteiger partial charge >= 0.3 is 0 Å². The number of amides is 1. The molecule has 0 saturated carbocycles. The zero-order valence-corrected chi connectivity index (χ0v) is 12.4. The number of carbonyl (C=O) groups is 1. The molecule has 0 bridgehead atoms. The van der Waals surface area contributed by atoms with Crippen molar-refractivity contribution in [1.29, 1.82) is 5.26 Å². The van der Waals surface area contributed by atoms with Crippen LogP contribution in [0.25, 0.3) is 16.7 Å². The molecular formula is C16H13N5O2. The van der Waals surface area contributed by atoms with E-state index in [0.29, 0.717) is 5.82 Å². The number of anilines is 1. The van der Waals surface area contributed by atoms with Crippen molar-refractivity contribution in [2.24, 2.45) is 0 Å². The lowest BCUT2D eigenvalue weighted by Crippen LogP contribution is -2.20. The van der Waals surface area contributed by atoms with Crippen molar-refractivity contribution in [3.8, 4) is 11.9 Å². The van der Waals surface area contributed by atoms with Crippen LogP contribution in [0.2, 0.25) is 0 Å². The van der Waals surface area contributed by atoms with Crippen molar-refractivity contribution in [3.63, 3.8) is 0 Å². The molecule has 0 atom stereocenters. The van der Waals surface area contributed by atoms with Crippen molar-refractivity contribution < 1.29 is 9.53 Å². The second kappa shape index (κ2) is 6.25. The molecule has 0 fully saturated rings. The summed E-state index contributed by atoms with van der Waals surface area (Å²) in [6, 6.07) is 13.4. The number of benzene rings is 1. The zero-order chi connectivity index (χ0) is 16.2. The third kappa shape index (κ3) is 2.88. The van der Waals surface area contributed by atoms with Gasteiger partial charge in [-0.05, 0) is 18.2 Å². The maximum Gasteiger partial charge on any atom is 0.251 e. The Balaban J connectivity index is 2.06. The van der Waals surface area contributed by atoms with Crippen LogP contribution < -0.4 is 5.32 Å². The standard InChI is InChI=1S/C16H13N5O2/c1-23-10-15(22)20-16-12(8-17)9-18-21(16)14-7-6-11-4-2-3-5-13(11)19-14/h2-7,9H,10H2,1H3,(H,20,22). The van der Waals surface area contributed by atoms with E-state index < -0.39 is 0 Å². The largest absolute Gasteiger partial charge is 0.375 e. The van der Waals surface area contributed by atoms with E-state index in [2.05, 4.69) is 15.4 Å². The molecule has 0 saturated heterocycles. The van der Waals surface area contributed by atoms with Crippen molar-refractivity contribution in [2.45, 2.75) is 0 Å². The molecule has 1 amide bonds. The summed E-state index contributed by atoms with van der Waals surface area (Å²) in [6.07, 6.45) is 1.39. The highest BCUT2D eigenvalue weighted by atomic mass is 16.5. The molecule has 23 heavy (non-hydrogen) atoms. The van der Waals surface area contributed by atoms with Crippen molar-refractivity contribution >= 4 is 22.6 Å². The molecule has 0 aliphatic heterocycles. The van der Waals surface area contributed by atoms with Crippen molar-refractivity contribution in [2.75, 3.05) is 19.0 Å². The summed E-state index contributed by atoms with van der Waals surface area (Å²) in [5.74, 6) is 0.418. The van der Waals surface area contributed by atoms with Gasteiger partial charge in [0, 0.05) is 12.5 Å². The summed E-state index contributed by atoms with van der Waals surface area (Å²) in [6.45, 7) is -0.110. The molecule has 0 radical (unpaired) electrons. The molecule has 2 aromatic heterocycles. The van der Waals surface area contributed by atoms with Gasteiger partial charge in [0.25, 0.3) is 5.91 Å². The molecular weight excluding hydrogens is 294 g/mol. The first-order valence-electron chi connectivity index (χ1n) is 6.86. The van der Waals surface area contributed by atoms with Gasteiger partial charge < -0.3 is 10.1 Å². The third-order valence-electron chi connectivity index (χ3n) is 3.22. The molecule has 3 aromatic rings. The van der Waals surface area contributed by atoms with Crippen LogP contribution in [0.15, 0.2) is 42.6 Å². The van der Waals surface area contributed by atoms with E-state index in [0.717, 1.165) is 10.9 Å². The fourth-order valence-corrected chi connectivity index (χ4v) is 2.20. The van der Waals surface area contributed by atoms with Gasteiger partial charge in [0.05, 0.1) is 11.7 Å². The van der Waals surface area contributed by atoms with Crippen LogP contribution in [0.4, 0.5) is 5.82 Å². The van der Waals surface area contributed by atoms with E-state index in [-0.39, 0.29) is 23.9 Å². The van der Waals surface area contributed by atoms with Gasteiger partial charge in [0.2, 0.25) is 0 Å². The van der Waals surface area contributed by atoms with E-state index >= 15 is 0 Å². The van der Waals surface area contributed by atoms with Gasteiger partial charge in [0.15, 0.2) is 11.6 Å². The fourth-order valence-electron chi connectivity index (χ4n) is 2.20. The van der Waals surface area contributed by atoms with E-state index in [9.17, 15) is 10.1 Å². The lowest BCUT2D eigenvalue weighted by Gasteiger charge is -2.09. The summed E-state index contributed by atoms with van der Waals surface area (Å²) in [5, 5.41) is 17.0. The van der Waals surface area contributed by atoms with Gasteiger partial charge in [-0.2, -0.15) is 15.0 Å². The minimum absolute atomic E-state index is 0.110. The van der Waals surface area contributed by atoms with Gasteiger partial charge in [-0.1, -0.05) is 18.2 Å². The molecule has 0 aliphatic rings. The maximum absolute atomic E-state index is 11.8. The number of rotatable bonds is 4. The second-order valence-electron chi connectivity index (χ2n) is 4.77. The molecule has 1 aromatic carbocycles. The number of aromatic nitrogens is 3. The lowest BCUT2D eigenvalue weighted by molar-refractivity contribution is -0.119. The Morgan fingerprint density at radius 1 is 1.35 bits per heavy atom. The van der Waals surface area contributed by atoms with Gasteiger partial charge in [-0.15, -0.1) is 0 Å². The maximum atomic E-state index is 11.8. The van der Waals surface area contributed by atoms with Crippen LogP contribution >= 0.6 is 0 Å². The average Bonchev–Trinajstić information content (AvgIpc) is 2.97. The summed E-state index contributed by atoms with van der Waals surface area (Å²) in [5.41, 5.74) is 1.05. The van der Waals surface area contributed by atoms with Crippen LogP contribution in [-0.2, 0) is 9.53 Å². The number of para-hydroxylation sites is 1. The first kappa shape index (κ1) is 14.7. The smallest absolute Gasteiger partial charge is 0.251 e. The van der Waals surface area contributed by atoms with Crippen LogP contribution in [0.5, 0.6) is 0 Å². The van der Waals surface area contributed by atoms with E-state index in [1.54, 1.807) is 6.07 Å². The summed E-state index contributed by atoms with van der Waals surface area (Å²) in [7, 11) is 1.42. The molecule has 7 nitrogen and oxygen atoms in total. The normalized spacial score (nSPS) is 10.4. The first-order valence-corrected chi connectivity index (χ1v) is 6.86. The molecule has 7 heteroatoms. The molecule has 0 spiro atoms. The molecule has 0 aliphatic carbocycles. The summed E-state index contributed by atoms with van der Waals surface area (Å²) >= 11 is 0. The molecule has 3 rings (SSSR count). The van der Waals surface area contributed by atoms with Crippen molar-refractivity contribution in [1.82, 2.24) is 14.8 Å². The zero-order valence-electron chi connectivity index (χ0n) is 12.4. The summed E-state index contributed by atoms with van der Waals surface area (Å²) in [4.78, 5) is 16.3. The number of methoxy groups -OCH3 is 1. The van der Waals surface area contributed by atoms with Gasteiger partial charge in [-0.3, -0.25) is 4.79 Å². The highest BCUT2D eigenvalue weighted by Crippen LogP contribution is 2.20. The highest BCUT2D eigenvalue weighted by molar-refractivity contribution is 5.92. The quantitative estimate of drug-likeness (QED) is 0.794. The molecule has 114 valence electrons. The SMILES string of the molecule is COCC(=O)Nc1c(C#N)cnn1-c1ccc2ccccc2n1. The third-order valence-corrected chi connectivity index (χ3v) is 3.22. The van der Waals surface area contributed by atoms with E-state index in [1.807, 2.05) is 36.4 Å². The Labute approximate surface area is 132 Å². The Hall–Kier alpha value is -3.24. The molecule has 1 N–H and O–H groups in total. The highest BCUT2D eigenvalue weighted by Gasteiger charge is 2.16. The lowest BCUT2D eigenvalue weighted by atomic mass is 10.2. The number of pyridine rings is 1. The monoisotopic (exact) mass is 307 g/mol. The Morgan fingerprint density at radius 2 is 2.17 bits per heavy atom. The van der Waals surface area contributed by atoms with Crippen LogP contribution in [0.1, 0.15) is 5.56 Å². The number of nitriles is 1. The van der Waals surface area contributed by atoms with Gasteiger partial charge in [-0.25, -0.2) is 4.98 Å². The fraction of sp³-hybridized carbons (Fsp3) is 0.125. The summed E-state index contributed by atoms with van der Waals surface area (Å²) < 4.78 is 6.22. The number of carbonyl (C=O) groups excluding carboxylic acids is 1. The number of nitrogens with one attached hydrogen (secondary N) is 1.